The molecular formula is C23H25FN4O. The van der Waals surface area contributed by atoms with Gasteiger partial charge in [-0.2, -0.15) is 0 Å². The first-order chi connectivity index (χ1) is 14.2. The number of rotatable bonds is 4. The van der Waals surface area contributed by atoms with Crippen molar-refractivity contribution in [2.24, 2.45) is 0 Å². The van der Waals surface area contributed by atoms with E-state index in [-0.39, 0.29) is 11.7 Å². The first kappa shape index (κ1) is 18.2. The van der Waals surface area contributed by atoms with Gasteiger partial charge < -0.3 is 14.8 Å². The van der Waals surface area contributed by atoms with Crippen LogP contribution in [0.4, 0.5) is 10.1 Å². The lowest BCUT2D eigenvalue weighted by molar-refractivity contribution is -0.138. The maximum atomic E-state index is 13.1. The number of carbonyl (C=O) groups is 1. The number of amides is 1. The number of aromatic nitrogens is 1. The number of para-hydroxylation sites is 1. The van der Waals surface area contributed by atoms with Gasteiger partial charge in [0, 0.05) is 68.1 Å². The van der Waals surface area contributed by atoms with Gasteiger partial charge in [0.2, 0.25) is 5.91 Å². The first-order valence-corrected chi connectivity index (χ1v) is 10.2. The Labute approximate surface area is 169 Å². The third-order valence-corrected chi connectivity index (χ3v) is 6.25. The molecule has 29 heavy (non-hydrogen) atoms. The number of aromatic amines is 1. The Morgan fingerprint density at radius 1 is 1.00 bits per heavy atom. The first-order valence-electron chi connectivity index (χ1n) is 10.2. The second-order valence-electron chi connectivity index (χ2n) is 7.99. The number of hydrogen-bond donors (Lipinski definition) is 1. The molecule has 2 fully saturated rings. The van der Waals surface area contributed by atoms with E-state index in [2.05, 4.69) is 20.9 Å². The normalized spacial score (nSPS) is 18.2. The fourth-order valence-corrected chi connectivity index (χ4v) is 4.44. The lowest BCUT2D eigenvalue weighted by atomic mass is 10.0. The van der Waals surface area contributed by atoms with Crippen LogP contribution in [0.5, 0.6) is 0 Å². The number of likely N-dealkylation sites (tertiary alicyclic amines) is 1. The fourth-order valence-electron chi connectivity index (χ4n) is 4.44. The molecule has 0 unspecified atom stereocenters. The minimum Gasteiger partial charge on any atom is -0.369 e. The number of nitrogens with one attached hydrogen (secondary N) is 1. The molecule has 0 saturated carbocycles. The third kappa shape index (κ3) is 3.60. The number of piperazine rings is 1. The van der Waals surface area contributed by atoms with E-state index in [4.69, 9.17) is 0 Å². The molecule has 2 aromatic carbocycles. The number of carbonyl (C=O) groups excluding carboxylic acids is 1. The van der Waals surface area contributed by atoms with Crippen LogP contribution in [0.15, 0.2) is 54.7 Å². The van der Waals surface area contributed by atoms with Gasteiger partial charge in [0.25, 0.3) is 0 Å². The predicted octanol–water partition coefficient (Wildman–Crippen LogP) is 2.88. The van der Waals surface area contributed by atoms with E-state index < -0.39 is 0 Å². The Bertz CT molecular complexity index is 1000. The lowest BCUT2D eigenvalue weighted by Gasteiger charge is -2.48. The van der Waals surface area contributed by atoms with Gasteiger partial charge in [-0.1, -0.05) is 18.2 Å². The third-order valence-electron chi connectivity index (χ3n) is 6.25. The highest BCUT2D eigenvalue weighted by Gasteiger charge is 2.36. The molecule has 0 atom stereocenters. The molecule has 3 heterocycles. The van der Waals surface area contributed by atoms with Gasteiger partial charge in [0.05, 0.1) is 6.42 Å². The molecule has 2 saturated heterocycles. The van der Waals surface area contributed by atoms with Gasteiger partial charge in [0.15, 0.2) is 0 Å². The summed E-state index contributed by atoms with van der Waals surface area (Å²) < 4.78 is 13.1. The maximum Gasteiger partial charge on any atom is 0.227 e. The Hall–Kier alpha value is -2.86. The molecule has 0 bridgehead atoms. The Kier molecular flexibility index (Phi) is 4.72. The highest BCUT2D eigenvalue weighted by Crippen LogP contribution is 2.23. The Morgan fingerprint density at radius 3 is 2.48 bits per heavy atom. The zero-order chi connectivity index (χ0) is 19.8. The number of halogens is 1. The molecule has 3 aromatic rings. The van der Waals surface area contributed by atoms with Crippen LogP contribution in [0.25, 0.3) is 10.9 Å². The molecule has 1 aromatic heterocycles. The van der Waals surface area contributed by atoms with Gasteiger partial charge in [-0.05, 0) is 35.9 Å². The van der Waals surface area contributed by atoms with Crippen LogP contribution in [0.2, 0.25) is 0 Å². The highest BCUT2D eigenvalue weighted by molar-refractivity contribution is 5.89. The molecule has 5 rings (SSSR count). The minimum absolute atomic E-state index is 0.195. The number of fused-ring (bicyclic) bond motifs is 1. The molecule has 5 nitrogen and oxygen atoms in total. The summed E-state index contributed by atoms with van der Waals surface area (Å²) in [6, 6.07) is 15.3. The van der Waals surface area contributed by atoms with Crippen LogP contribution in [0.1, 0.15) is 5.56 Å². The van der Waals surface area contributed by atoms with Gasteiger partial charge in [-0.3, -0.25) is 9.69 Å². The van der Waals surface area contributed by atoms with Gasteiger partial charge in [-0.25, -0.2) is 4.39 Å². The molecular weight excluding hydrogens is 367 g/mol. The van der Waals surface area contributed by atoms with Crippen LogP contribution in [-0.4, -0.2) is 66.0 Å². The number of hydrogen-bond acceptors (Lipinski definition) is 3. The van der Waals surface area contributed by atoms with Crippen LogP contribution in [0, 0.1) is 5.82 Å². The van der Waals surface area contributed by atoms with Crippen molar-refractivity contribution in [3.05, 3.63) is 66.1 Å². The van der Waals surface area contributed by atoms with Crippen molar-refractivity contribution in [3.8, 4) is 0 Å². The van der Waals surface area contributed by atoms with Gasteiger partial charge >= 0.3 is 0 Å². The zero-order valence-electron chi connectivity index (χ0n) is 16.4. The fraction of sp³-hybridized carbons (Fsp3) is 0.348. The van der Waals surface area contributed by atoms with Crippen molar-refractivity contribution in [2.75, 3.05) is 44.2 Å². The molecule has 2 aliphatic rings. The predicted molar refractivity (Wildman–Crippen MR) is 113 cm³/mol. The Morgan fingerprint density at radius 2 is 1.72 bits per heavy atom. The van der Waals surface area contributed by atoms with E-state index in [1.54, 1.807) is 0 Å². The molecule has 150 valence electrons. The SMILES string of the molecule is O=C(Cc1c[nH]c2ccccc12)N1CC(N2CCN(c3ccc(F)cc3)CC2)C1. The van der Waals surface area contributed by atoms with E-state index in [1.807, 2.05) is 41.4 Å². The minimum atomic E-state index is -0.195. The lowest BCUT2D eigenvalue weighted by Crippen LogP contribution is -2.64. The number of anilines is 1. The van der Waals surface area contributed by atoms with Crippen LogP contribution >= 0.6 is 0 Å². The molecule has 0 radical (unpaired) electrons. The largest absolute Gasteiger partial charge is 0.369 e. The molecule has 1 N–H and O–H groups in total. The summed E-state index contributed by atoms with van der Waals surface area (Å²) in [7, 11) is 0. The van der Waals surface area contributed by atoms with Crippen molar-refractivity contribution in [2.45, 2.75) is 12.5 Å². The van der Waals surface area contributed by atoms with Crippen LogP contribution in [0.3, 0.4) is 0 Å². The quantitative estimate of drug-likeness (QED) is 0.743. The zero-order valence-corrected chi connectivity index (χ0v) is 16.4. The van der Waals surface area contributed by atoms with E-state index in [0.29, 0.717) is 12.5 Å². The summed E-state index contributed by atoms with van der Waals surface area (Å²) in [6.07, 6.45) is 2.41. The topological polar surface area (TPSA) is 42.6 Å². The maximum absolute atomic E-state index is 13.1. The van der Waals surface area contributed by atoms with Gasteiger partial charge in [0.1, 0.15) is 5.82 Å². The van der Waals surface area contributed by atoms with Gasteiger partial charge in [-0.15, -0.1) is 0 Å². The summed E-state index contributed by atoms with van der Waals surface area (Å²) in [4.78, 5) is 22.7. The summed E-state index contributed by atoms with van der Waals surface area (Å²) in [6.45, 7) is 5.46. The average Bonchev–Trinajstić information content (AvgIpc) is 3.11. The summed E-state index contributed by atoms with van der Waals surface area (Å²) >= 11 is 0. The molecule has 2 aliphatic heterocycles. The number of nitrogens with zero attached hydrogens (tertiary/aromatic N) is 3. The smallest absolute Gasteiger partial charge is 0.227 e. The van der Waals surface area contributed by atoms with E-state index in [0.717, 1.165) is 61.4 Å². The van der Waals surface area contributed by atoms with E-state index in [9.17, 15) is 9.18 Å². The van der Waals surface area contributed by atoms with Crippen molar-refractivity contribution in [1.82, 2.24) is 14.8 Å². The number of benzene rings is 2. The van der Waals surface area contributed by atoms with E-state index >= 15 is 0 Å². The second kappa shape index (κ2) is 7.52. The van der Waals surface area contributed by atoms with Crippen LogP contribution < -0.4 is 4.90 Å². The van der Waals surface area contributed by atoms with Crippen molar-refractivity contribution in [3.63, 3.8) is 0 Å². The van der Waals surface area contributed by atoms with Crippen molar-refractivity contribution < 1.29 is 9.18 Å². The summed E-state index contributed by atoms with van der Waals surface area (Å²) in [5, 5.41) is 1.13. The standard InChI is InChI=1S/C23H25FN4O/c24-18-5-7-19(8-6-18)26-9-11-27(12-10-26)20-15-28(16-20)23(29)13-17-14-25-22-4-2-1-3-21(17)22/h1-8,14,20,25H,9-13,15-16H2. The molecule has 0 aliphatic carbocycles. The highest BCUT2D eigenvalue weighted by atomic mass is 19.1. The molecule has 1 amide bonds. The molecule has 6 heteroatoms. The molecule has 0 spiro atoms. The van der Waals surface area contributed by atoms with Crippen molar-refractivity contribution in [1.29, 1.82) is 0 Å². The average molecular weight is 392 g/mol. The second-order valence-corrected chi connectivity index (χ2v) is 7.99. The monoisotopic (exact) mass is 392 g/mol. The van der Waals surface area contributed by atoms with E-state index in [1.165, 1.54) is 12.1 Å². The van der Waals surface area contributed by atoms with Crippen LogP contribution in [-0.2, 0) is 11.2 Å². The summed E-state index contributed by atoms with van der Waals surface area (Å²) in [5.41, 5.74) is 3.23. The summed E-state index contributed by atoms with van der Waals surface area (Å²) in [5.74, 6) is 0.00944. The number of H-pyrrole nitrogens is 1. The Balaban J connectivity index is 1.12. The van der Waals surface area contributed by atoms with Crippen molar-refractivity contribution >= 4 is 22.5 Å².